The normalized spacial score (nSPS) is 39.4. The van der Waals surface area contributed by atoms with E-state index in [9.17, 15) is 8.76 Å². The summed E-state index contributed by atoms with van der Waals surface area (Å²) in [5.41, 5.74) is 0. The molecular formula is C8H15O3S-. The Morgan fingerprint density at radius 1 is 1.50 bits per heavy atom. The quantitative estimate of drug-likeness (QED) is 0.613. The van der Waals surface area contributed by atoms with Crippen molar-refractivity contribution in [3.05, 3.63) is 0 Å². The van der Waals surface area contributed by atoms with Crippen molar-refractivity contribution in [3.63, 3.8) is 0 Å². The van der Waals surface area contributed by atoms with Crippen LogP contribution in [0.4, 0.5) is 0 Å². The van der Waals surface area contributed by atoms with E-state index in [0.717, 1.165) is 19.3 Å². The van der Waals surface area contributed by atoms with E-state index < -0.39 is 11.1 Å². The molecule has 0 heterocycles. The molecule has 0 spiro atoms. The largest absolute Gasteiger partial charge is 0.772 e. The molecule has 4 heteroatoms. The fourth-order valence-electron chi connectivity index (χ4n) is 1.77. The first-order valence-electron chi connectivity index (χ1n) is 4.26. The lowest BCUT2D eigenvalue weighted by atomic mass is 9.88. The van der Waals surface area contributed by atoms with Crippen LogP contribution in [0.25, 0.3) is 0 Å². The first kappa shape index (κ1) is 10.2. The SMILES string of the molecule is COC1CCC(C)CC1S(=O)[O-]. The predicted molar refractivity (Wildman–Crippen MR) is 46.5 cm³/mol. The predicted octanol–water partition coefficient (Wildman–Crippen LogP) is 1.07. The number of ether oxygens (including phenoxy) is 1. The fraction of sp³-hybridized carbons (Fsp3) is 1.00. The van der Waals surface area contributed by atoms with Gasteiger partial charge in [0.25, 0.3) is 0 Å². The van der Waals surface area contributed by atoms with Crippen molar-refractivity contribution in [2.24, 2.45) is 5.92 Å². The van der Waals surface area contributed by atoms with Crippen molar-refractivity contribution < 1.29 is 13.5 Å². The molecule has 0 bridgehead atoms. The highest BCUT2D eigenvalue weighted by Gasteiger charge is 2.29. The molecule has 4 unspecified atom stereocenters. The molecule has 0 radical (unpaired) electrons. The van der Waals surface area contributed by atoms with E-state index in [0.29, 0.717) is 5.92 Å². The van der Waals surface area contributed by atoms with Crippen LogP contribution in [0.2, 0.25) is 0 Å². The van der Waals surface area contributed by atoms with Crippen LogP contribution in [0.5, 0.6) is 0 Å². The minimum absolute atomic E-state index is 0.0838. The van der Waals surface area contributed by atoms with Gasteiger partial charge in [-0.3, -0.25) is 4.21 Å². The summed E-state index contributed by atoms with van der Waals surface area (Å²) in [5, 5.41) is -0.293. The van der Waals surface area contributed by atoms with Crippen LogP contribution in [-0.2, 0) is 15.8 Å². The van der Waals surface area contributed by atoms with Crippen molar-refractivity contribution >= 4 is 11.1 Å². The molecule has 3 nitrogen and oxygen atoms in total. The zero-order valence-electron chi connectivity index (χ0n) is 7.49. The van der Waals surface area contributed by atoms with Gasteiger partial charge in [-0.1, -0.05) is 6.92 Å². The van der Waals surface area contributed by atoms with Crippen LogP contribution in [0.3, 0.4) is 0 Å². The highest BCUT2D eigenvalue weighted by atomic mass is 32.2. The third-order valence-electron chi connectivity index (χ3n) is 2.54. The molecular weight excluding hydrogens is 176 g/mol. The third-order valence-corrected chi connectivity index (χ3v) is 3.53. The Kier molecular flexibility index (Phi) is 3.68. The molecule has 1 rings (SSSR count). The van der Waals surface area contributed by atoms with Crippen molar-refractivity contribution in [2.45, 2.75) is 37.5 Å². The molecule has 12 heavy (non-hydrogen) atoms. The maximum absolute atomic E-state index is 10.8. The van der Waals surface area contributed by atoms with Crippen LogP contribution in [-0.4, -0.2) is 27.2 Å². The van der Waals surface area contributed by atoms with E-state index in [1.54, 1.807) is 7.11 Å². The molecule has 0 aromatic carbocycles. The molecule has 0 aromatic rings. The second-order valence-corrected chi connectivity index (χ2v) is 4.62. The summed E-state index contributed by atoms with van der Waals surface area (Å²) in [4.78, 5) is 0. The Labute approximate surface area is 75.8 Å². The van der Waals surface area contributed by atoms with E-state index >= 15 is 0 Å². The lowest BCUT2D eigenvalue weighted by molar-refractivity contribution is 0.0618. The van der Waals surface area contributed by atoms with Gasteiger partial charge in [0, 0.05) is 12.4 Å². The van der Waals surface area contributed by atoms with E-state index in [1.165, 1.54) is 0 Å². The van der Waals surface area contributed by atoms with E-state index in [2.05, 4.69) is 6.92 Å². The first-order chi connectivity index (χ1) is 5.65. The Morgan fingerprint density at radius 2 is 2.17 bits per heavy atom. The molecule has 4 atom stereocenters. The number of hydrogen-bond acceptors (Lipinski definition) is 3. The summed E-state index contributed by atoms with van der Waals surface area (Å²) < 4.78 is 26.7. The Balaban J connectivity index is 2.58. The number of methoxy groups -OCH3 is 1. The lowest BCUT2D eigenvalue weighted by Crippen LogP contribution is -2.37. The summed E-state index contributed by atoms with van der Waals surface area (Å²) in [7, 11) is 1.58. The standard InChI is InChI=1S/C8H16O3S/c1-6-3-4-7(11-2)8(5-6)12(9)10/h6-8H,3-5H2,1-2H3,(H,9,10)/p-1. The molecule has 1 aliphatic carbocycles. The average molecular weight is 191 g/mol. The fourth-order valence-corrected chi connectivity index (χ4v) is 2.75. The van der Waals surface area contributed by atoms with E-state index in [1.807, 2.05) is 0 Å². The minimum atomic E-state index is -1.98. The topological polar surface area (TPSA) is 49.4 Å². The second kappa shape index (κ2) is 4.35. The Bertz CT molecular complexity index is 172. The van der Waals surface area contributed by atoms with Gasteiger partial charge in [-0.2, -0.15) is 0 Å². The van der Waals surface area contributed by atoms with Crippen LogP contribution < -0.4 is 0 Å². The van der Waals surface area contributed by atoms with Gasteiger partial charge in [0.05, 0.1) is 6.10 Å². The van der Waals surface area contributed by atoms with Crippen molar-refractivity contribution in [3.8, 4) is 0 Å². The van der Waals surface area contributed by atoms with Gasteiger partial charge in [0.15, 0.2) is 0 Å². The number of rotatable bonds is 2. The molecule has 0 amide bonds. The number of hydrogen-bond donors (Lipinski definition) is 0. The molecule has 1 fully saturated rings. The average Bonchev–Trinajstić information content (AvgIpc) is 2.04. The van der Waals surface area contributed by atoms with Gasteiger partial charge in [0.1, 0.15) is 0 Å². The van der Waals surface area contributed by atoms with E-state index in [4.69, 9.17) is 4.74 Å². The van der Waals surface area contributed by atoms with Crippen LogP contribution in [0.1, 0.15) is 26.2 Å². The first-order valence-corrected chi connectivity index (χ1v) is 5.39. The monoisotopic (exact) mass is 191 g/mol. The van der Waals surface area contributed by atoms with Crippen LogP contribution in [0, 0.1) is 5.92 Å². The van der Waals surface area contributed by atoms with Gasteiger partial charge >= 0.3 is 0 Å². The highest BCUT2D eigenvalue weighted by Crippen LogP contribution is 2.28. The summed E-state index contributed by atoms with van der Waals surface area (Å²) >= 11 is -1.98. The molecule has 1 aliphatic rings. The smallest absolute Gasteiger partial charge is 0.0703 e. The van der Waals surface area contributed by atoms with Crippen molar-refractivity contribution in [1.29, 1.82) is 0 Å². The molecule has 0 aromatic heterocycles. The maximum atomic E-state index is 10.8. The third kappa shape index (κ3) is 2.28. The van der Waals surface area contributed by atoms with E-state index in [-0.39, 0.29) is 11.4 Å². The molecule has 0 N–H and O–H groups in total. The molecule has 1 saturated carbocycles. The highest BCUT2D eigenvalue weighted by molar-refractivity contribution is 7.79. The molecule has 0 aliphatic heterocycles. The van der Waals surface area contributed by atoms with Crippen molar-refractivity contribution in [2.75, 3.05) is 7.11 Å². The summed E-state index contributed by atoms with van der Waals surface area (Å²) in [6.45, 7) is 2.09. The Morgan fingerprint density at radius 3 is 2.67 bits per heavy atom. The second-order valence-electron chi connectivity index (χ2n) is 3.49. The summed E-state index contributed by atoms with van der Waals surface area (Å²) in [6.07, 6.45) is 2.61. The zero-order chi connectivity index (χ0) is 9.14. The Hall–Kier alpha value is 0.0700. The van der Waals surface area contributed by atoms with Crippen LogP contribution >= 0.6 is 0 Å². The zero-order valence-corrected chi connectivity index (χ0v) is 8.30. The van der Waals surface area contributed by atoms with Gasteiger partial charge < -0.3 is 9.29 Å². The van der Waals surface area contributed by atoms with Crippen LogP contribution in [0.15, 0.2) is 0 Å². The maximum Gasteiger partial charge on any atom is 0.0703 e. The summed E-state index contributed by atoms with van der Waals surface area (Å²) in [5.74, 6) is 0.513. The molecule has 0 saturated heterocycles. The van der Waals surface area contributed by atoms with Gasteiger partial charge in [-0.05, 0) is 36.3 Å². The van der Waals surface area contributed by atoms with Gasteiger partial charge in [0.2, 0.25) is 0 Å². The lowest BCUT2D eigenvalue weighted by Gasteiger charge is -2.34. The minimum Gasteiger partial charge on any atom is -0.772 e. The summed E-state index contributed by atoms with van der Waals surface area (Å²) in [6, 6.07) is 0. The van der Waals surface area contributed by atoms with Gasteiger partial charge in [-0.25, -0.2) is 0 Å². The molecule has 72 valence electrons. The van der Waals surface area contributed by atoms with Gasteiger partial charge in [-0.15, -0.1) is 0 Å². The van der Waals surface area contributed by atoms with Crippen molar-refractivity contribution in [1.82, 2.24) is 0 Å².